The van der Waals surface area contributed by atoms with E-state index < -0.39 is 15.4 Å². The predicted octanol–water partition coefficient (Wildman–Crippen LogP) is 1.08. The zero-order valence-corrected chi connectivity index (χ0v) is 12.6. The van der Waals surface area contributed by atoms with Crippen LogP contribution in [-0.4, -0.2) is 38.0 Å². The second-order valence-electron chi connectivity index (χ2n) is 4.99. The van der Waals surface area contributed by atoms with Gasteiger partial charge < -0.3 is 10.4 Å². The van der Waals surface area contributed by atoms with Gasteiger partial charge in [0.15, 0.2) is 9.84 Å². The predicted molar refractivity (Wildman–Crippen MR) is 77.0 cm³/mol. The van der Waals surface area contributed by atoms with Crippen LogP contribution in [0.1, 0.15) is 25.8 Å². The SMILES string of the molecule is CCC(C)(O)CNCCS(=O)(=O)c1cccc(C#N)c1. The van der Waals surface area contributed by atoms with Crippen molar-refractivity contribution in [2.75, 3.05) is 18.8 Å². The first-order chi connectivity index (χ1) is 9.30. The number of hydrogen-bond acceptors (Lipinski definition) is 5. The number of rotatable bonds is 7. The van der Waals surface area contributed by atoms with Crippen molar-refractivity contribution in [2.24, 2.45) is 0 Å². The Morgan fingerprint density at radius 3 is 2.75 bits per heavy atom. The summed E-state index contributed by atoms with van der Waals surface area (Å²) in [5.74, 6) is -0.0678. The molecule has 1 aromatic carbocycles. The van der Waals surface area contributed by atoms with Crippen molar-refractivity contribution in [3.8, 4) is 6.07 Å². The van der Waals surface area contributed by atoms with Crippen LogP contribution in [0, 0.1) is 11.3 Å². The third-order valence-electron chi connectivity index (χ3n) is 3.14. The molecule has 0 aliphatic rings. The molecule has 1 atom stereocenters. The molecule has 0 aliphatic heterocycles. The quantitative estimate of drug-likeness (QED) is 0.735. The Labute approximate surface area is 120 Å². The van der Waals surface area contributed by atoms with Crippen LogP contribution < -0.4 is 5.32 Å². The molecule has 1 rings (SSSR count). The first-order valence-electron chi connectivity index (χ1n) is 6.47. The van der Waals surface area contributed by atoms with E-state index in [4.69, 9.17) is 5.26 Å². The van der Waals surface area contributed by atoms with E-state index in [1.165, 1.54) is 12.1 Å². The summed E-state index contributed by atoms with van der Waals surface area (Å²) < 4.78 is 24.2. The van der Waals surface area contributed by atoms with Gasteiger partial charge in [0.2, 0.25) is 0 Å². The van der Waals surface area contributed by atoms with Crippen LogP contribution in [0.4, 0.5) is 0 Å². The molecule has 20 heavy (non-hydrogen) atoms. The van der Waals surface area contributed by atoms with Gasteiger partial charge in [0, 0.05) is 13.1 Å². The van der Waals surface area contributed by atoms with Gasteiger partial charge in [-0.25, -0.2) is 8.42 Å². The standard InChI is InChI=1S/C14H20N2O3S/c1-3-14(2,17)11-16-7-8-20(18,19)13-6-4-5-12(9-13)10-15/h4-6,9,16-17H,3,7-8,11H2,1-2H3. The van der Waals surface area contributed by atoms with E-state index >= 15 is 0 Å². The number of benzene rings is 1. The van der Waals surface area contributed by atoms with Gasteiger partial charge in [-0.3, -0.25) is 0 Å². The van der Waals surface area contributed by atoms with E-state index in [9.17, 15) is 13.5 Å². The molecule has 0 heterocycles. The smallest absolute Gasteiger partial charge is 0.179 e. The Kier molecular flexibility index (Phi) is 5.69. The summed E-state index contributed by atoms with van der Waals surface area (Å²) in [7, 11) is -3.41. The number of nitrogens with zero attached hydrogens (tertiary/aromatic N) is 1. The van der Waals surface area contributed by atoms with E-state index in [0.29, 0.717) is 18.5 Å². The highest BCUT2D eigenvalue weighted by molar-refractivity contribution is 7.91. The third-order valence-corrected chi connectivity index (χ3v) is 4.85. The molecule has 0 saturated heterocycles. The Hall–Kier alpha value is -1.42. The van der Waals surface area contributed by atoms with Gasteiger partial charge in [0.25, 0.3) is 0 Å². The molecule has 6 heteroatoms. The largest absolute Gasteiger partial charge is 0.389 e. The van der Waals surface area contributed by atoms with E-state index in [2.05, 4.69) is 5.32 Å². The summed E-state index contributed by atoms with van der Waals surface area (Å²) in [4.78, 5) is 0.153. The maximum atomic E-state index is 12.1. The highest BCUT2D eigenvalue weighted by atomic mass is 32.2. The monoisotopic (exact) mass is 296 g/mol. The van der Waals surface area contributed by atoms with Crippen LogP contribution in [0.2, 0.25) is 0 Å². The van der Waals surface area contributed by atoms with Crippen molar-refractivity contribution >= 4 is 9.84 Å². The van der Waals surface area contributed by atoms with Crippen molar-refractivity contribution in [3.05, 3.63) is 29.8 Å². The lowest BCUT2D eigenvalue weighted by Crippen LogP contribution is -2.38. The summed E-state index contributed by atoms with van der Waals surface area (Å²) in [5.41, 5.74) is -0.502. The van der Waals surface area contributed by atoms with E-state index in [1.54, 1.807) is 19.1 Å². The number of nitrogens with one attached hydrogen (secondary N) is 1. The molecule has 0 spiro atoms. The molecule has 1 unspecified atom stereocenters. The van der Waals surface area contributed by atoms with Crippen LogP contribution in [0.25, 0.3) is 0 Å². The lowest BCUT2D eigenvalue weighted by molar-refractivity contribution is 0.0565. The number of nitriles is 1. The molecule has 1 aromatic rings. The maximum absolute atomic E-state index is 12.1. The van der Waals surface area contributed by atoms with Crippen LogP contribution in [0.5, 0.6) is 0 Å². The molecule has 0 radical (unpaired) electrons. The van der Waals surface area contributed by atoms with Gasteiger partial charge in [-0.15, -0.1) is 0 Å². The normalized spacial score (nSPS) is 14.5. The van der Waals surface area contributed by atoms with Crippen LogP contribution in [0.15, 0.2) is 29.2 Å². The Morgan fingerprint density at radius 1 is 1.45 bits per heavy atom. The first-order valence-corrected chi connectivity index (χ1v) is 8.12. The van der Waals surface area contributed by atoms with Crippen LogP contribution in [0.3, 0.4) is 0 Å². The molecular weight excluding hydrogens is 276 g/mol. The van der Waals surface area contributed by atoms with Gasteiger partial charge in [0.05, 0.1) is 27.9 Å². The first kappa shape index (κ1) is 16.6. The molecule has 0 aromatic heterocycles. The minimum absolute atomic E-state index is 0.0678. The maximum Gasteiger partial charge on any atom is 0.179 e. The van der Waals surface area contributed by atoms with E-state index in [-0.39, 0.29) is 17.2 Å². The summed E-state index contributed by atoms with van der Waals surface area (Å²) in [6, 6.07) is 7.90. The van der Waals surface area contributed by atoms with Crippen LogP contribution >= 0.6 is 0 Å². The zero-order valence-electron chi connectivity index (χ0n) is 11.8. The number of hydrogen-bond donors (Lipinski definition) is 2. The second kappa shape index (κ2) is 6.84. The van der Waals surface area contributed by atoms with Gasteiger partial charge in [-0.1, -0.05) is 13.0 Å². The molecule has 2 N–H and O–H groups in total. The average molecular weight is 296 g/mol. The molecule has 0 amide bonds. The van der Waals surface area contributed by atoms with Gasteiger partial charge in [-0.05, 0) is 31.5 Å². The Bertz CT molecular complexity index is 589. The van der Waals surface area contributed by atoms with Gasteiger partial charge in [0.1, 0.15) is 0 Å². The van der Waals surface area contributed by atoms with Crippen molar-refractivity contribution in [3.63, 3.8) is 0 Å². The van der Waals surface area contributed by atoms with Gasteiger partial charge in [-0.2, -0.15) is 5.26 Å². The topological polar surface area (TPSA) is 90.2 Å². The number of sulfone groups is 1. The lowest BCUT2D eigenvalue weighted by Gasteiger charge is -2.21. The Balaban J connectivity index is 2.60. The summed E-state index contributed by atoms with van der Waals surface area (Å²) in [6.07, 6.45) is 0.594. The van der Waals surface area contributed by atoms with Crippen molar-refractivity contribution < 1.29 is 13.5 Å². The van der Waals surface area contributed by atoms with Crippen LogP contribution in [-0.2, 0) is 9.84 Å². The van der Waals surface area contributed by atoms with Crippen molar-refractivity contribution in [2.45, 2.75) is 30.8 Å². The third kappa shape index (κ3) is 4.93. The molecule has 110 valence electrons. The van der Waals surface area contributed by atoms with E-state index in [1.807, 2.05) is 13.0 Å². The summed E-state index contributed by atoms with van der Waals surface area (Å²) in [5, 5.41) is 21.5. The Morgan fingerprint density at radius 2 is 2.15 bits per heavy atom. The summed E-state index contributed by atoms with van der Waals surface area (Å²) >= 11 is 0. The molecular formula is C14H20N2O3S. The molecule has 0 saturated carbocycles. The van der Waals surface area contributed by atoms with Gasteiger partial charge >= 0.3 is 0 Å². The zero-order chi connectivity index (χ0) is 15.2. The van der Waals surface area contributed by atoms with Crippen molar-refractivity contribution in [1.82, 2.24) is 5.32 Å². The molecule has 0 bridgehead atoms. The fraction of sp³-hybridized carbons (Fsp3) is 0.500. The average Bonchev–Trinajstić information content (AvgIpc) is 2.44. The fourth-order valence-corrected chi connectivity index (χ4v) is 2.81. The molecule has 0 aliphatic carbocycles. The molecule has 0 fully saturated rings. The number of aliphatic hydroxyl groups is 1. The summed E-state index contributed by atoms with van der Waals surface area (Å²) in [6.45, 7) is 4.17. The minimum atomic E-state index is -3.41. The molecule has 5 nitrogen and oxygen atoms in total. The fourth-order valence-electron chi connectivity index (χ4n) is 1.57. The highest BCUT2D eigenvalue weighted by Gasteiger charge is 2.18. The van der Waals surface area contributed by atoms with E-state index in [0.717, 1.165) is 0 Å². The van der Waals surface area contributed by atoms with Crippen molar-refractivity contribution in [1.29, 1.82) is 5.26 Å². The second-order valence-corrected chi connectivity index (χ2v) is 7.09. The lowest BCUT2D eigenvalue weighted by atomic mass is 10.0. The minimum Gasteiger partial charge on any atom is -0.389 e. The highest BCUT2D eigenvalue weighted by Crippen LogP contribution is 2.12.